The molecule has 0 heterocycles. The van der Waals surface area contributed by atoms with Crippen molar-refractivity contribution in [3.8, 4) is 22.3 Å². The van der Waals surface area contributed by atoms with Gasteiger partial charge in [0.05, 0.1) is 4.90 Å². The number of benzene rings is 3. The molecule has 0 N–H and O–H groups in total. The standard InChI is InChI=1S/C19H16O2S/c1-22(20,21)18-14-8-13-17(15-9-4-2-5-10-15)19(18)16-11-6-3-7-12-16/h2-14H,1H3. The molecule has 3 aromatic rings. The van der Waals surface area contributed by atoms with Gasteiger partial charge in [-0.1, -0.05) is 72.8 Å². The fraction of sp³-hybridized carbons (Fsp3) is 0.0526. The highest BCUT2D eigenvalue weighted by Gasteiger charge is 2.18. The molecule has 0 bridgehead atoms. The molecule has 0 saturated heterocycles. The Bertz CT molecular complexity index is 883. The molecule has 0 saturated carbocycles. The second kappa shape index (κ2) is 5.78. The summed E-state index contributed by atoms with van der Waals surface area (Å²) in [5, 5.41) is 0. The van der Waals surface area contributed by atoms with E-state index in [0.29, 0.717) is 4.90 Å². The molecular weight excluding hydrogens is 292 g/mol. The predicted octanol–water partition coefficient (Wildman–Crippen LogP) is 4.42. The molecule has 3 heteroatoms. The van der Waals surface area contributed by atoms with Crippen molar-refractivity contribution in [1.29, 1.82) is 0 Å². The van der Waals surface area contributed by atoms with Crippen molar-refractivity contribution in [3.05, 3.63) is 78.9 Å². The summed E-state index contributed by atoms with van der Waals surface area (Å²) in [6.45, 7) is 0. The van der Waals surface area contributed by atoms with Gasteiger partial charge < -0.3 is 0 Å². The molecule has 0 spiro atoms. The lowest BCUT2D eigenvalue weighted by atomic mass is 9.94. The predicted molar refractivity (Wildman–Crippen MR) is 90.4 cm³/mol. The van der Waals surface area contributed by atoms with Crippen LogP contribution in [-0.4, -0.2) is 14.7 Å². The molecule has 3 aromatic carbocycles. The van der Waals surface area contributed by atoms with Crippen LogP contribution < -0.4 is 0 Å². The van der Waals surface area contributed by atoms with Crippen LogP contribution in [0.25, 0.3) is 22.3 Å². The van der Waals surface area contributed by atoms with Gasteiger partial charge in [-0.05, 0) is 22.8 Å². The third-order valence-corrected chi connectivity index (χ3v) is 4.71. The monoisotopic (exact) mass is 308 g/mol. The Hall–Kier alpha value is -2.39. The zero-order valence-corrected chi connectivity index (χ0v) is 13.0. The Morgan fingerprint density at radius 3 is 1.73 bits per heavy atom. The Kier molecular flexibility index (Phi) is 3.82. The first-order chi connectivity index (χ1) is 10.6. The van der Waals surface area contributed by atoms with E-state index in [-0.39, 0.29) is 0 Å². The first kappa shape index (κ1) is 14.5. The smallest absolute Gasteiger partial charge is 0.176 e. The Labute approximate surface area is 131 Å². The summed E-state index contributed by atoms with van der Waals surface area (Å²) < 4.78 is 24.4. The van der Waals surface area contributed by atoms with Crippen LogP contribution in [0.1, 0.15) is 0 Å². The highest BCUT2D eigenvalue weighted by molar-refractivity contribution is 7.90. The van der Waals surface area contributed by atoms with E-state index in [4.69, 9.17) is 0 Å². The fourth-order valence-electron chi connectivity index (χ4n) is 2.60. The van der Waals surface area contributed by atoms with Crippen molar-refractivity contribution in [2.24, 2.45) is 0 Å². The van der Waals surface area contributed by atoms with Gasteiger partial charge in [0, 0.05) is 11.8 Å². The van der Waals surface area contributed by atoms with Crippen LogP contribution in [0.3, 0.4) is 0 Å². The summed E-state index contributed by atoms with van der Waals surface area (Å²) in [5.74, 6) is 0. The van der Waals surface area contributed by atoms with Crippen LogP contribution in [0.15, 0.2) is 83.8 Å². The van der Waals surface area contributed by atoms with Crippen LogP contribution in [0.4, 0.5) is 0 Å². The van der Waals surface area contributed by atoms with Gasteiger partial charge in [-0.3, -0.25) is 0 Å². The maximum atomic E-state index is 12.2. The molecule has 0 unspecified atom stereocenters. The number of rotatable bonds is 3. The molecular formula is C19H16O2S. The van der Waals surface area contributed by atoms with Gasteiger partial charge in [0.25, 0.3) is 0 Å². The summed E-state index contributed by atoms with van der Waals surface area (Å²) in [7, 11) is -3.31. The van der Waals surface area contributed by atoms with E-state index in [9.17, 15) is 8.42 Å². The van der Waals surface area contributed by atoms with Crippen molar-refractivity contribution < 1.29 is 8.42 Å². The van der Waals surface area contributed by atoms with Gasteiger partial charge in [-0.15, -0.1) is 0 Å². The zero-order chi connectivity index (χ0) is 15.6. The maximum Gasteiger partial charge on any atom is 0.176 e. The fourth-order valence-corrected chi connectivity index (χ4v) is 3.53. The molecule has 3 rings (SSSR count). The lowest BCUT2D eigenvalue weighted by Gasteiger charge is -2.14. The highest BCUT2D eigenvalue weighted by atomic mass is 32.2. The third-order valence-electron chi connectivity index (χ3n) is 3.57. The molecule has 0 radical (unpaired) electrons. The highest BCUT2D eigenvalue weighted by Crippen LogP contribution is 2.36. The molecule has 0 atom stereocenters. The van der Waals surface area contributed by atoms with Crippen LogP contribution in [-0.2, 0) is 9.84 Å². The second-order valence-electron chi connectivity index (χ2n) is 5.18. The molecule has 110 valence electrons. The molecule has 0 aromatic heterocycles. The van der Waals surface area contributed by atoms with Crippen LogP contribution in [0, 0.1) is 0 Å². The van der Waals surface area contributed by atoms with Crippen molar-refractivity contribution >= 4 is 9.84 Å². The minimum atomic E-state index is -3.31. The first-order valence-electron chi connectivity index (χ1n) is 7.01. The molecule has 0 aliphatic rings. The minimum Gasteiger partial charge on any atom is -0.224 e. The SMILES string of the molecule is CS(=O)(=O)c1cccc(-c2ccccc2)c1-c1ccccc1. The van der Waals surface area contributed by atoms with E-state index < -0.39 is 9.84 Å². The molecule has 0 aliphatic carbocycles. The lowest BCUT2D eigenvalue weighted by Crippen LogP contribution is -2.01. The molecule has 22 heavy (non-hydrogen) atoms. The van der Waals surface area contributed by atoms with Crippen molar-refractivity contribution in [3.63, 3.8) is 0 Å². The quantitative estimate of drug-likeness (QED) is 0.717. The van der Waals surface area contributed by atoms with Gasteiger partial charge >= 0.3 is 0 Å². The van der Waals surface area contributed by atoms with E-state index >= 15 is 0 Å². The van der Waals surface area contributed by atoms with E-state index in [1.54, 1.807) is 12.1 Å². The van der Waals surface area contributed by atoms with E-state index in [0.717, 1.165) is 22.3 Å². The van der Waals surface area contributed by atoms with E-state index in [1.807, 2.05) is 66.7 Å². The summed E-state index contributed by atoms with van der Waals surface area (Å²) in [6, 6.07) is 24.9. The van der Waals surface area contributed by atoms with Gasteiger partial charge in [-0.2, -0.15) is 0 Å². The van der Waals surface area contributed by atoms with Crippen molar-refractivity contribution in [1.82, 2.24) is 0 Å². The largest absolute Gasteiger partial charge is 0.224 e. The molecule has 2 nitrogen and oxygen atoms in total. The van der Waals surface area contributed by atoms with E-state index in [2.05, 4.69) is 0 Å². The number of hydrogen-bond acceptors (Lipinski definition) is 2. The maximum absolute atomic E-state index is 12.2. The normalized spacial score (nSPS) is 11.3. The zero-order valence-electron chi connectivity index (χ0n) is 12.2. The van der Waals surface area contributed by atoms with Crippen LogP contribution in [0.2, 0.25) is 0 Å². The first-order valence-corrected chi connectivity index (χ1v) is 8.90. The molecule has 0 amide bonds. The summed E-state index contributed by atoms with van der Waals surface area (Å²) in [5.41, 5.74) is 3.60. The Balaban J connectivity index is 2.37. The van der Waals surface area contributed by atoms with Gasteiger partial charge in [0.1, 0.15) is 0 Å². The lowest BCUT2D eigenvalue weighted by molar-refractivity contribution is 0.602. The average molecular weight is 308 g/mol. The minimum absolute atomic E-state index is 0.361. The Morgan fingerprint density at radius 1 is 0.636 bits per heavy atom. The van der Waals surface area contributed by atoms with Crippen molar-refractivity contribution in [2.45, 2.75) is 4.90 Å². The molecule has 0 aliphatic heterocycles. The van der Waals surface area contributed by atoms with Gasteiger partial charge in [0.2, 0.25) is 0 Å². The number of sulfone groups is 1. The molecule has 0 fully saturated rings. The van der Waals surface area contributed by atoms with Gasteiger partial charge in [0.15, 0.2) is 9.84 Å². The van der Waals surface area contributed by atoms with Crippen LogP contribution >= 0.6 is 0 Å². The van der Waals surface area contributed by atoms with E-state index in [1.165, 1.54) is 6.26 Å². The average Bonchev–Trinajstić information content (AvgIpc) is 2.55. The summed E-state index contributed by atoms with van der Waals surface area (Å²) in [6.07, 6.45) is 1.25. The number of hydrogen-bond donors (Lipinski definition) is 0. The van der Waals surface area contributed by atoms with Gasteiger partial charge in [-0.25, -0.2) is 8.42 Å². The van der Waals surface area contributed by atoms with Crippen LogP contribution in [0.5, 0.6) is 0 Å². The summed E-state index contributed by atoms with van der Waals surface area (Å²) in [4.78, 5) is 0.361. The van der Waals surface area contributed by atoms with Crippen molar-refractivity contribution in [2.75, 3.05) is 6.26 Å². The second-order valence-corrected chi connectivity index (χ2v) is 7.17. The third kappa shape index (κ3) is 2.81. The topological polar surface area (TPSA) is 34.1 Å². The summed E-state index contributed by atoms with van der Waals surface area (Å²) >= 11 is 0. The Morgan fingerprint density at radius 2 is 1.18 bits per heavy atom.